The van der Waals surface area contributed by atoms with Crippen LogP contribution in [0.5, 0.6) is 11.5 Å². The summed E-state index contributed by atoms with van der Waals surface area (Å²) in [6.45, 7) is 7.12. The van der Waals surface area contributed by atoms with Gasteiger partial charge in [-0.3, -0.25) is 0 Å². The minimum atomic E-state index is -0.725. The van der Waals surface area contributed by atoms with Crippen LogP contribution in [0.1, 0.15) is 148 Å². The molecule has 0 N–H and O–H groups in total. The summed E-state index contributed by atoms with van der Waals surface area (Å²) in [5, 5.41) is 2.68. The maximum atomic E-state index is 12.8. The molecule has 0 amide bonds. The van der Waals surface area contributed by atoms with Crippen molar-refractivity contribution in [2.24, 2.45) is 0 Å². The third-order valence-electron chi connectivity index (χ3n) is 8.89. The van der Waals surface area contributed by atoms with E-state index in [1.54, 1.807) is 0 Å². The topological polar surface area (TPSA) is 71.1 Å². The summed E-state index contributed by atoms with van der Waals surface area (Å²) in [7, 11) is 0. The van der Waals surface area contributed by atoms with Crippen LogP contribution in [0.25, 0.3) is 21.5 Å². The first-order valence-electron chi connectivity index (χ1n) is 18.7. The Balaban J connectivity index is 1.52. The Kier molecular flexibility index (Phi) is 18.8. The molecule has 260 valence electrons. The highest BCUT2D eigenvalue weighted by molar-refractivity contribution is 6.12. The van der Waals surface area contributed by atoms with Gasteiger partial charge in [0.1, 0.15) is 11.5 Å². The number of hydrogen-bond acceptors (Lipinski definition) is 6. The van der Waals surface area contributed by atoms with Gasteiger partial charge in [0.25, 0.3) is 0 Å². The molecule has 6 nitrogen and oxygen atoms in total. The van der Waals surface area contributed by atoms with Crippen LogP contribution in [-0.2, 0) is 9.47 Å². The zero-order valence-corrected chi connectivity index (χ0v) is 29.5. The summed E-state index contributed by atoms with van der Waals surface area (Å²) in [4.78, 5) is 25.7. The summed E-state index contributed by atoms with van der Waals surface area (Å²) in [5.41, 5.74) is 0.992. The molecule has 3 aromatic rings. The second-order valence-corrected chi connectivity index (χ2v) is 13.0. The molecule has 0 fully saturated rings. The molecule has 0 heterocycles. The molecule has 6 heteroatoms. The number of carbonyl (C=O) groups excluding carboxylic acids is 2. The molecule has 3 rings (SSSR count). The van der Waals surface area contributed by atoms with Crippen LogP contribution in [-0.4, -0.2) is 25.5 Å². The van der Waals surface area contributed by atoms with Crippen molar-refractivity contribution in [3.8, 4) is 11.5 Å². The minimum Gasteiger partial charge on any atom is -0.434 e. The molecule has 47 heavy (non-hydrogen) atoms. The predicted octanol–water partition coefficient (Wildman–Crippen LogP) is 13.2. The second kappa shape index (κ2) is 23.1. The smallest absolute Gasteiger partial charge is 0.434 e. The molecule has 0 bridgehead atoms. The van der Waals surface area contributed by atoms with Crippen molar-refractivity contribution in [2.75, 3.05) is 13.2 Å². The minimum absolute atomic E-state index is 0.330. The number of unbranched alkanes of at least 4 members (excludes halogenated alkanes) is 18. The third kappa shape index (κ3) is 14.2. The van der Waals surface area contributed by atoms with Crippen LogP contribution < -0.4 is 9.47 Å². The van der Waals surface area contributed by atoms with Crippen LogP contribution in [0, 0.1) is 6.92 Å². The zero-order valence-electron chi connectivity index (χ0n) is 29.5. The van der Waals surface area contributed by atoms with Crippen molar-refractivity contribution < 1.29 is 28.5 Å². The van der Waals surface area contributed by atoms with E-state index in [1.165, 1.54) is 89.9 Å². The maximum absolute atomic E-state index is 12.8. The zero-order chi connectivity index (χ0) is 33.5. The number of aryl methyl sites for hydroxylation is 1. The lowest BCUT2D eigenvalue weighted by molar-refractivity contribution is 0.0965. The van der Waals surface area contributed by atoms with E-state index in [2.05, 4.69) is 13.8 Å². The average Bonchev–Trinajstić information content (AvgIpc) is 3.07. The summed E-state index contributed by atoms with van der Waals surface area (Å²) >= 11 is 0. The lowest BCUT2D eigenvalue weighted by Crippen LogP contribution is -2.14. The van der Waals surface area contributed by atoms with Crippen LogP contribution in [0.15, 0.2) is 42.5 Å². The van der Waals surface area contributed by atoms with E-state index in [0.717, 1.165) is 44.1 Å². The average molecular weight is 649 g/mol. The fourth-order valence-electron chi connectivity index (χ4n) is 6.15. The summed E-state index contributed by atoms with van der Waals surface area (Å²) in [5.74, 6) is 0.799. The molecule has 0 spiro atoms. The molecule has 0 saturated carbocycles. The third-order valence-corrected chi connectivity index (χ3v) is 8.89. The first-order valence-corrected chi connectivity index (χ1v) is 18.7. The molecule has 0 atom stereocenters. The van der Waals surface area contributed by atoms with Gasteiger partial charge in [0, 0.05) is 21.5 Å². The van der Waals surface area contributed by atoms with E-state index in [9.17, 15) is 9.59 Å². The lowest BCUT2D eigenvalue weighted by atomic mass is 9.99. The van der Waals surface area contributed by atoms with Crippen LogP contribution in [0.2, 0.25) is 0 Å². The second-order valence-electron chi connectivity index (χ2n) is 13.0. The largest absolute Gasteiger partial charge is 0.513 e. The highest BCUT2D eigenvalue weighted by Gasteiger charge is 2.21. The van der Waals surface area contributed by atoms with Gasteiger partial charge in [0.05, 0.1) is 13.2 Å². The van der Waals surface area contributed by atoms with Gasteiger partial charge in [-0.2, -0.15) is 0 Å². The van der Waals surface area contributed by atoms with Crippen LogP contribution in [0.3, 0.4) is 0 Å². The number of benzene rings is 3. The molecule has 0 aromatic heterocycles. The van der Waals surface area contributed by atoms with Gasteiger partial charge >= 0.3 is 12.3 Å². The number of carbonyl (C=O) groups is 2. The van der Waals surface area contributed by atoms with E-state index in [1.807, 2.05) is 49.4 Å². The van der Waals surface area contributed by atoms with E-state index in [-0.39, 0.29) is 0 Å². The molecule has 0 unspecified atom stereocenters. The summed E-state index contributed by atoms with van der Waals surface area (Å²) in [6, 6.07) is 13.3. The molecular formula is C41H60O6. The monoisotopic (exact) mass is 648 g/mol. The Labute approximate surface area is 283 Å². The first-order chi connectivity index (χ1) is 23.0. The fourth-order valence-corrected chi connectivity index (χ4v) is 6.15. The highest BCUT2D eigenvalue weighted by Crippen LogP contribution is 2.43. The molecule has 3 aromatic carbocycles. The summed E-state index contributed by atoms with van der Waals surface area (Å²) < 4.78 is 22.7. The Morgan fingerprint density at radius 1 is 0.468 bits per heavy atom. The van der Waals surface area contributed by atoms with Gasteiger partial charge in [0.2, 0.25) is 0 Å². The number of fused-ring (bicyclic) bond motifs is 2. The number of ether oxygens (including phenoxy) is 4. The Morgan fingerprint density at radius 3 is 1.26 bits per heavy atom. The van der Waals surface area contributed by atoms with Crippen LogP contribution in [0.4, 0.5) is 9.59 Å². The molecular weight excluding hydrogens is 588 g/mol. The lowest BCUT2D eigenvalue weighted by Gasteiger charge is -2.16. The van der Waals surface area contributed by atoms with Crippen molar-refractivity contribution in [1.82, 2.24) is 0 Å². The molecule has 0 saturated heterocycles. The van der Waals surface area contributed by atoms with E-state index in [0.29, 0.717) is 46.3 Å². The van der Waals surface area contributed by atoms with E-state index in [4.69, 9.17) is 18.9 Å². The van der Waals surface area contributed by atoms with Crippen molar-refractivity contribution in [3.63, 3.8) is 0 Å². The van der Waals surface area contributed by atoms with Crippen molar-refractivity contribution in [1.29, 1.82) is 0 Å². The standard InChI is InChI=1S/C41H60O6/c1-4-6-8-10-12-14-16-18-20-24-30-44-40(42)46-38-34-26-22-23-27-35(34)39(37-32-33(3)28-29-36(37)38)47-41(43)45-31-25-21-19-17-15-13-11-9-7-5-2/h22-23,26-29,32H,4-21,24-25,30-31H2,1-3H3. The van der Waals surface area contributed by atoms with Gasteiger partial charge in [-0.1, -0.05) is 171 Å². The van der Waals surface area contributed by atoms with E-state index < -0.39 is 12.3 Å². The number of hydrogen-bond donors (Lipinski definition) is 0. The molecule has 0 aliphatic carbocycles. The molecule has 0 radical (unpaired) electrons. The van der Waals surface area contributed by atoms with Gasteiger partial charge in [0.15, 0.2) is 0 Å². The van der Waals surface area contributed by atoms with Crippen LogP contribution >= 0.6 is 0 Å². The quantitative estimate of drug-likeness (QED) is 0.0416. The normalized spacial score (nSPS) is 11.2. The Morgan fingerprint density at radius 2 is 0.830 bits per heavy atom. The van der Waals surface area contributed by atoms with Gasteiger partial charge in [-0.05, 0) is 25.8 Å². The van der Waals surface area contributed by atoms with E-state index >= 15 is 0 Å². The fraction of sp³-hybridized carbons (Fsp3) is 0.610. The molecule has 0 aliphatic heterocycles. The maximum Gasteiger partial charge on any atom is 0.513 e. The number of rotatable bonds is 24. The van der Waals surface area contributed by atoms with Crippen molar-refractivity contribution >= 4 is 33.9 Å². The Hall–Kier alpha value is -3.28. The molecule has 0 aliphatic rings. The Bertz CT molecular complexity index is 1330. The predicted molar refractivity (Wildman–Crippen MR) is 194 cm³/mol. The SMILES string of the molecule is CCCCCCCCCCCCOC(=O)Oc1c2ccccc2c(OC(=O)OCCCCCCCCCCCC)c2cc(C)ccc12. The van der Waals surface area contributed by atoms with Gasteiger partial charge < -0.3 is 18.9 Å². The van der Waals surface area contributed by atoms with Gasteiger partial charge in [-0.15, -0.1) is 0 Å². The van der Waals surface area contributed by atoms with Crippen molar-refractivity contribution in [3.05, 3.63) is 48.0 Å². The van der Waals surface area contributed by atoms with Gasteiger partial charge in [-0.25, -0.2) is 9.59 Å². The van der Waals surface area contributed by atoms with Crippen molar-refractivity contribution in [2.45, 2.75) is 149 Å². The first kappa shape index (κ1) is 38.2. The summed E-state index contributed by atoms with van der Waals surface area (Å²) in [6.07, 6.45) is 22.8. The highest BCUT2D eigenvalue weighted by atomic mass is 16.7.